The SMILES string of the molecule is COc1cc(OCc2cccc(-c3ccccc3)c2C)cc(OC)c1C=O. The summed E-state index contributed by atoms with van der Waals surface area (Å²) in [6.07, 6.45) is 0.717. The van der Waals surface area contributed by atoms with Gasteiger partial charge in [-0.3, -0.25) is 4.79 Å². The van der Waals surface area contributed by atoms with Gasteiger partial charge in [-0.1, -0.05) is 48.5 Å². The lowest BCUT2D eigenvalue weighted by Crippen LogP contribution is -2.01. The Morgan fingerprint density at radius 1 is 0.889 bits per heavy atom. The van der Waals surface area contributed by atoms with Crippen molar-refractivity contribution in [2.75, 3.05) is 14.2 Å². The molecule has 138 valence electrons. The first-order valence-electron chi connectivity index (χ1n) is 8.65. The molecule has 0 amide bonds. The van der Waals surface area contributed by atoms with Crippen LogP contribution in [0.25, 0.3) is 11.1 Å². The van der Waals surface area contributed by atoms with Crippen LogP contribution < -0.4 is 14.2 Å². The largest absolute Gasteiger partial charge is 0.496 e. The second kappa shape index (κ2) is 8.41. The highest BCUT2D eigenvalue weighted by molar-refractivity contribution is 5.84. The van der Waals surface area contributed by atoms with E-state index in [1.165, 1.54) is 30.9 Å². The first kappa shape index (κ1) is 18.5. The molecule has 27 heavy (non-hydrogen) atoms. The van der Waals surface area contributed by atoms with Gasteiger partial charge in [0.2, 0.25) is 0 Å². The summed E-state index contributed by atoms with van der Waals surface area (Å²) in [4.78, 5) is 11.3. The summed E-state index contributed by atoms with van der Waals surface area (Å²) in [7, 11) is 3.03. The highest BCUT2D eigenvalue weighted by Gasteiger charge is 2.13. The number of methoxy groups -OCH3 is 2. The van der Waals surface area contributed by atoms with Crippen LogP contribution in [-0.4, -0.2) is 20.5 Å². The normalized spacial score (nSPS) is 10.3. The average molecular weight is 362 g/mol. The van der Waals surface area contributed by atoms with Gasteiger partial charge in [0.05, 0.1) is 19.8 Å². The summed E-state index contributed by atoms with van der Waals surface area (Å²) in [5, 5.41) is 0. The van der Waals surface area contributed by atoms with Crippen LogP contribution in [0.3, 0.4) is 0 Å². The molecule has 0 unspecified atom stereocenters. The molecule has 0 atom stereocenters. The molecule has 0 aliphatic rings. The number of ether oxygens (including phenoxy) is 3. The molecule has 4 nitrogen and oxygen atoms in total. The molecule has 4 heteroatoms. The van der Waals surface area contributed by atoms with E-state index >= 15 is 0 Å². The maximum Gasteiger partial charge on any atom is 0.157 e. The molecular formula is C23H22O4. The molecule has 3 aromatic carbocycles. The number of hydrogen-bond acceptors (Lipinski definition) is 4. The summed E-state index contributed by atoms with van der Waals surface area (Å²) < 4.78 is 16.5. The zero-order chi connectivity index (χ0) is 19.2. The Labute approximate surface area is 159 Å². The van der Waals surface area contributed by atoms with Crippen LogP contribution in [0.15, 0.2) is 60.7 Å². The van der Waals surface area contributed by atoms with Crippen LogP contribution in [0.4, 0.5) is 0 Å². The first-order chi connectivity index (χ1) is 13.2. The zero-order valence-corrected chi connectivity index (χ0v) is 15.7. The monoisotopic (exact) mass is 362 g/mol. The molecule has 0 aliphatic carbocycles. The summed E-state index contributed by atoms with van der Waals surface area (Å²) in [5.41, 5.74) is 4.99. The van der Waals surface area contributed by atoms with Gasteiger partial charge in [0, 0.05) is 12.1 Å². The first-order valence-corrected chi connectivity index (χ1v) is 8.65. The molecule has 0 radical (unpaired) electrons. The third kappa shape index (κ3) is 3.95. The average Bonchev–Trinajstić information content (AvgIpc) is 2.72. The lowest BCUT2D eigenvalue weighted by Gasteiger charge is -2.15. The summed E-state index contributed by atoms with van der Waals surface area (Å²) in [6.45, 7) is 2.50. The number of carbonyl (C=O) groups excluding carboxylic acids is 1. The molecule has 0 bridgehead atoms. The van der Waals surface area contributed by atoms with E-state index in [0.717, 1.165) is 11.8 Å². The van der Waals surface area contributed by atoms with E-state index in [1.54, 1.807) is 12.1 Å². The van der Waals surface area contributed by atoms with Crippen molar-refractivity contribution < 1.29 is 19.0 Å². The van der Waals surface area contributed by atoms with Gasteiger partial charge in [0.1, 0.15) is 23.9 Å². The third-order valence-electron chi connectivity index (χ3n) is 4.56. The number of benzene rings is 3. The maximum absolute atomic E-state index is 11.3. The predicted octanol–water partition coefficient (Wildman–Crippen LogP) is 5.07. The molecule has 3 rings (SSSR count). The predicted molar refractivity (Wildman–Crippen MR) is 106 cm³/mol. The Morgan fingerprint density at radius 3 is 2.15 bits per heavy atom. The number of aldehydes is 1. The molecule has 0 aliphatic heterocycles. The van der Waals surface area contributed by atoms with Gasteiger partial charge in [-0.05, 0) is 29.2 Å². The highest BCUT2D eigenvalue weighted by Crippen LogP contribution is 2.33. The van der Waals surface area contributed by atoms with Crippen LogP contribution in [0.2, 0.25) is 0 Å². The van der Waals surface area contributed by atoms with Gasteiger partial charge < -0.3 is 14.2 Å². The smallest absolute Gasteiger partial charge is 0.157 e. The minimum atomic E-state index is 0.370. The Hall–Kier alpha value is -3.27. The van der Waals surface area contributed by atoms with Crippen LogP contribution >= 0.6 is 0 Å². The van der Waals surface area contributed by atoms with Gasteiger partial charge in [-0.15, -0.1) is 0 Å². The van der Waals surface area contributed by atoms with Gasteiger partial charge in [0.15, 0.2) is 6.29 Å². The van der Waals surface area contributed by atoms with Crippen molar-refractivity contribution >= 4 is 6.29 Å². The fourth-order valence-corrected chi connectivity index (χ4v) is 3.05. The minimum Gasteiger partial charge on any atom is -0.496 e. The molecule has 0 fully saturated rings. The lowest BCUT2D eigenvalue weighted by atomic mass is 9.97. The van der Waals surface area contributed by atoms with Crippen molar-refractivity contribution in [3.05, 3.63) is 77.4 Å². The van der Waals surface area contributed by atoms with Crippen molar-refractivity contribution in [3.8, 4) is 28.4 Å². The Bertz CT molecular complexity index is 907. The van der Waals surface area contributed by atoms with Crippen LogP contribution in [-0.2, 0) is 6.61 Å². The van der Waals surface area contributed by atoms with Crippen molar-refractivity contribution in [2.45, 2.75) is 13.5 Å². The summed E-state index contributed by atoms with van der Waals surface area (Å²) in [6, 6.07) is 19.9. The molecular weight excluding hydrogens is 340 g/mol. The van der Waals surface area contributed by atoms with Crippen molar-refractivity contribution in [2.24, 2.45) is 0 Å². The van der Waals surface area contributed by atoms with Crippen molar-refractivity contribution in [1.82, 2.24) is 0 Å². The Balaban J connectivity index is 1.86. The van der Waals surface area contributed by atoms with Crippen molar-refractivity contribution in [1.29, 1.82) is 0 Å². The lowest BCUT2D eigenvalue weighted by molar-refractivity contribution is 0.111. The summed E-state index contributed by atoms with van der Waals surface area (Å²) >= 11 is 0. The second-order valence-electron chi connectivity index (χ2n) is 6.10. The fourth-order valence-electron chi connectivity index (χ4n) is 3.05. The molecule has 0 saturated heterocycles. The van der Waals surface area contributed by atoms with E-state index in [4.69, 9.17) is 14.2 Å². The van der Waals surface area contributed by atoms with E-state index in [-0.39, 0.29) is 0 Å². The number of carbonyl (C=O) groups is 1. The van der Waals surface area contributed by atoms with Crippen LogP contribution in [0.1, 0.15) is 21.5 Å². The van der Waals surface area contributed by atoms with E-state index in [1.807, 2.05) is 24.3 Å². The quantitative estimate of drug-likeness (QED) is 0.551. The Kier molecular flexibility index (Phi) is 5.77. The molecule has 0 spiro atoms. The number of hydrogen-bond donors (Lipinski definition) is 0. The Morgan fingerprint density at radius 2 is 1.56 bits per heavy atom. The topological polar surface area (TPSA) is 44.8 Å². The zero-order valence-electron chi connectivity index (χ0n) is 15.7. The third-order valence-corrected chi connectivity index (χ3v) is 4.56. The molecule has 3 aromatic rings. The van der Waals surface area contributed by atoms with E-state index in [9.17, 15) is 4.79 Å². The number of rotatable bonds is 7. The van der Waals surface area contributed by atoms with E-state index < -0.39 is 0 Å². The fraction of sp³-hybridized carbons (Fsp3) is 0.174. The molecule has 0 heterocycles. The van der Waals surface area contributed by atoms with E-state index in [0.29, 0.717) is 29.4 Å². The molecule has 0 saturated carbocycles. The van der Waals surface area contributed by atoms with Crippen LogP contribution in [0.5, 0.6) is 17.2 Å². The van der Waals surface area contributed by atoms with Gasteiger partial charge in [-0.2, -0.15) is 0 Å². The standard InChI is InChI=1S/C23H22O4/c1-16-18(10-7-11-20(16)17-8-5-4-6-9-17)15-27-19-12-22(25-2)21(14-24)23(13-19)26-3/h4-14H,15H2,1-3H3. The van der Waals surface area contributed by atoms with Crippen molar-refractivity contribution in [3.63, 3.8) is 0 Å². The maximum atomic E-state index is 11.3. The van der Waals surface area contributed by atoms with Crippen LogP contribution in [0, 0.1) is 6.92 Å². The van der Waals surface area contributed by atoms with Gasteiger partial charge >= 0.3 is 0 Å². The highest BCUT2D eigenvalue weighted by atomic mass is 16.5. The molecule has 0 N–H and O–H groups in total. The molecule has 0 aromatic heterocycles. The van der Waals surface area contributed by atoms with Gasteiger partial charge in [0.25, 0.3) is 0 Å². The minimum absolute atomic E-state index is 0.370. The second-order valence-corrected chi connectivity index (χ2v) is 6.10. The van der Waals surface area contributed by atoms with Gasteiger partial charge in [-0.25, -0.2) is 0 Å². The van der Waals surface area contributed by atoms with E-state index in [2.05, 4.69) is 31.2 Å². The summed E-state index contributed by atoms with van der Waals surface area (Å²) in [5.74, 6) is 1.43.